The number of allylic oxidation sites excluding steroid dienone is 2. The van der Waals surface area contributed by atoms with Gasteiger partial charge in [0.05, 0.1) is 37.4 Å². The fourth-order valence-corrected chi connectivity index (χ4v) is 16.1. The average molecular weight is 1060 g/mol. The molecule has 12 N–H and O–H groups in total. The van der Waals surface area contributed by atoms with Gasteiger partial charge in [0.2, 0.25) is 6.29 Å². The molecule has 4 saturated heterocycles. The molecular formula is C53H86O21. The molecule has 9 rings (SSSR count). The standard InChI is InChI=1S/C53H86O21/c1-23-32(56)36(60)40(64)44(69-23)73-42-33(57)26(55)21-67-46(42)72-31-12-13-50(6)29(49(31,4)5)11-14-52(8)30(50)10-9-24-25-19-48(2,3)15-17-53(25,18-16-51(24,52)7)47(66)74-45-41(65)38(62)35(59)28(71-45)22-68-43-39(63)37(61)34(58)27(20-54)70-43/h9,23,25-46,54-65H,10-22H2,1-8H3. The van der Waals surface area contributed by atoms with Gasteiger partial charge in [-0.2, -0.15) is 0 Å². The predicted octanol–water partition coefficient (Wildman–Crippen LogP) is -0.369. The molecule has 0 amide bonds. The highest BCUT2D eigenvalue weighted by molar-refractivity contribution is 5.79. The van der Waals surface area contributed by atoms with Crippen LogP contribution in [-0.4, -0.2) is 210 Å². The van der Waals surface area contributed by atoms with E-state index in [1.165, 1.54) is 12.5 Å². The summed E-state index contributed by atoms with van der Waals surface area (Å²) in [4.78, 5) is 15.1. The van der Waals surface area contributed by atoms with Crippen LogP contribution in [0.2, 0.25) is 0 Å². The molecule has 424 valence electrons. The van der Waals surface area contributed by atoms with Crippen molar-refractivity contribution in [3.63, 3.8) is 0 Å². The van der Waals surface area contributed by atoms with E-state index in [1.807, 2.05) is 0 Å². The molecule has 27 atom stereocenters. The van der Waals surface area contributed by atoms with E-state index < -0.39 is 147 Å². The lowest BCUT2D eigenvalue weighted by Crippen LogP contribution is -2.66. The maximum atomic E-state index is 15.1. The van der Waals surface area contributed by atoms with Crippen LogP contribution >= 0.6 is 0 Å². The first-order valence-corrected chi connectivity index (χ1v) is 27.1. The number of ether oxygens (including phenoxy) is 8. The van der Waals surface area contributed by atoms with Crippen molar-refractivity contribution < 1.29 is 104 Å². The van der Waals surface area contributed by atoms with Crippen molar-refractivity contribution >= 4 is 5.97 Å². The summed E-state index contributed by atoms with van der Waals surface area (Å²) < 4.78 is 47.8. The SMILES string of the molecule is CC1OC(OC2C(OC3CCC4(C)C(CCC5(C)C4CC=C4C6CC(C)(C)CCC6(C(=O)OC6OC(COC7OC(CO)C(O)C(O)C7O)C(O)C(O)C6O)CCC45C)C3(C)C)OCC(O)C2O)C(O)C(O)C1O. The minimum Gasteiger partial charge on any atom is -0.432 e. The molecule has 21 heteroatoms. The monoisotopic (exact) mass is 1060 g/mol. The van der Waals surface area contributed by atoms with E-state index in [-0.39, 0.29) is 52.1 Å². The summed E-state index contributed by atoms with van der Waals surface area (Å²) >= 11 is 0. The lowest BCUT2D eigenvalue weighted by Gasteiger charge is -2.71. The molecule has 9 aliphatic rings. The molecule has 4 saturated carbocycles. The van der Waals surface area contributed by atoms with Crippen LogP contribution in [0.25, 0.3) is 0 Å². The first kappa shape index (κ1) is 57.1. The second-order valence-electron chi connectivity index (χ2n) is 25.8. The lowest BCUT2D eigenvalue weighted by molar-refractivity contribution is -0.364. The van der Waals surface area contributed by atoms with Crippen molar-refractivity contribution in [2.45, 2.75) is 242 Å². The summed E-state index contributed by atoms with van der Waals surface area (Å²) in [6.07, 6.45) is -19.2. The third kappa shape index (κ3) is 9.27. The van der Waals surface area contributed by atoms with Gasteiger partial charge in [0.15, 0.2) is 18.9 Å². The number of rotatable bonds is 10. The van der Waals surface area contributed by atoms with E-state index >= 15 is 4.79 Å². The molecule has 4 aliphatic heterocycles. The van der Waals surface area contributed by atoms with Crippen molar-refractivity contribution in [1.29, 1.82) is 0 Å². The zero-order chi connectivity index (χ0) is 54.0. The number of carbonyl (C=O) groups is 1. The van der Waals surface area contributed by atoms with Gasteiger partial charge >= 0.3 is 5.97 Å². The normalized spacial score (nSPS) is 54.1. The van der Waals surface area contributed by atoms with Gasteiger partial charge in [0.1, 0.15) is 85.5 Å². The molecule has 5 aliphatic carbocycles. The van der Waals surface area contributed by atoms with E-state index in [9.17, 15) is 61.3 Å². The summed E-state index contributed by atoms with van der Waals surface area (Å²) in [6.45, 7) is 16.2. The first-order chi connectivity index (χ1) is 34.6. The summed E-state index contributed by atoms with van der Waals surface area (Å²) in [5, 5.41) is 127. The highest BCUT2D eigenvalue weighted by atomic mass is 16.8. The summed E-state index contributed by atoms with van der Waals surface area (Å²) in [7, 11) is 0. The molecule has 27 unspecified atom stereocenters. The molecule has 0 radical (unpaired) electrons. The highest BCUT2D eigenvalue weighted by Gasteiger charge is 2.70. The number of aliphatic hydroxyl groups excluding tert-OH is 12. The summed E-state index contributed by atoms with van der Waals surface area (Å²) in [5.74, 6) is -0.319. The number of carbonyl (C=O) groups excluding carboxylic acids is 1. The molecule has 21 nitrogen and oxygen atoms in total. The quantitative estimate of drug-likeness (QED) is 0.0755. The van der Waals surface area contributed by atoms with Crippen molar-refractivity contribution in [2.75, 3.05) is 19.8 Å². The maximum absolute atomic E-state index is 15.1. The first-order valence-electron chi connectivity index (χ1n) is 27.1. The minimum atomic E-state index is -1.82. The van der Waals surface area contributed by atoms with Crippen LogP contribution in [0.4, 0.5) is 0 Å². The Kier molecular flexibility index (Phi) is 15.8. The summed E-state index contributed by atoms with van der Waals surface area (Å²) in [5.41, 5.74) is -0.885. The Morgan fingerprint density at radius 1 is 0.635 bits per heavy atom. The fourth-order valence-electron chi connectivity index (χ4n) is 16.1. The van der Waals surface area contributed by atoms with Crippen LogP contribution in [0.5, 0.6) is 0 Å². The van der Waals surface area contributed by atoms with Gasteiger partial charge in [0.25, 0.3) is 0 Å². The number of esters is 1. The molecule has 0 bridgehead atoms. The van der Waals surface area contributed by atoms with Gasteiger partial charge in [-0.3, -0.25) is 4.79 Å². The molecule has 74 heavy (non-hydrogen) atoms. The van der Waals surface area contributed by atoms with Crippen LogP contribution in [0.15, 0.2) is 11.6 Å². The molecule has 8 fully saturated rings. The van der Waals surface area contributed by atoms with Crippen LogP contribution in [0.3, 0.4) is 0 Å². The van der Waals surface area contributed by atoms with E-state index in [4.69, 9.17) is 37.9 Å². The molecule has 0 aromatic heterocycles. The van der Waals surface area contributed by atoms with Crippen LogP contribution < -0.4 is 0 Å². The number of aliphatic hydroxyl groups is 12. The highest BCUT2D eigenvalue weighted by Crippen LogP contribution is 2.76. The zero-order valence-corrected chi connectivity index (χ0v) is 44.1. The summed E-state index contributed by atoms with van der Waals surface area (Å²) in [6, 6.07) is 0. The topological polar surface area (TPSA) is 334 Å². The number of hydrogen-bond donors (Lipinski definition) is 12. The third-order valence-corrected chi connectivity index (χ3v) is 21.0. The Hall–Kier alpha value is -1.55. The molecular weight excluding hydrogens is 973 g/mol. The van der Waals surface area contributed by atoms with Crippen molar-refractivity contribution in [2.24, 2.45) is 50.2 Å². The van der Waals surface area contributed by atoms with E-state index in [0.717, 1.165) is 32.1 Å². The Balaban J connectivity index is 0.920. The van der Waals surface area contributed by atoms with Crippen LogP contribution in [0, 0.1) is 50.2 Å². The van der Waals surface area contributed by atoms with E-state index in [1.54, 1.807) is 0 Å². The van der Waals surface area contributed by atoms with Crippen molar-refractivity contribution in [3.05, 3.63) is 11.6 Å². The predicted molar refractivity (Wildman–Crippen MR) is 255 cm³/mol. The number of hydrogen-bond acceptors (Lipinski definition) is 21. The Morgan fingerprint density at radius 3 is 1.95 bits per heavy atom. The Morgan fingerprint density at radius 2 is 1.26 bits per heavy atom. The molecule has 0 aromatic rings. The molecule has 4 heterocycles. The average Bonchev–Trinajstić information content (AvgIpc) is 3.35. The lowest BCUT2D eigenvalue weighted by atomic mass is 9.33. The van der Waals surface area contributed by atoms with Gasteiger partial charge in [-0.15, -0.1) is 0 Å². The van der Waals surface area contributed by atoms with Gasteiger partial charge in [0, 0.05) is 0 Å². The minimum absolute atomic E-state index is 0.114. The Bertz CT molecular complexity index is 2040. The second-order valence-corrected chi connectivity index (χ2v) is 25.8. The van der Waals surface area contributed by atoms with E-state index in [0.29, 0.717) is 32.1 Å². The van der Waals surface area contributed by atoms with Gasteiger partial charge in [-0.25, -0.2) is 0 Å². The molecule has 0 spiro atoms. The third-order valence-electron chi connectivity index (χ3n) is 21.0. The Labute approximate surface area is 433 Å². The molecule has 0 aromatic carbocycles. The smallest absolute Gasteiger partial charge is 0.315 e. The number of fused-ring (bicyclic) bond motifs is 7. The maximum Gasteiger partial charge on any atom is 0.315 e. The van der Waals surface area contributed by atoms with Gasteiger partial charge < -0.3 is 99.2 Å². The van der Waals surface area contributed by atoms with Crippen LogP contribution in [-0.2, 0) is 42.7 Å². The van der Waals surface area contributed by atoms with E-state index in [2.05, 4.69) is 54.5 Å². The van der Waals surface area contributed by atoms with Gasteiger partial charge in [-0.1, -0.05) is 60.1 Å². The largest absolute Gasteiger partial charge is 0.432 e. The van der Waals surface area contributed by atoms with Gasteiger partial charge in [-0.05, 0) is 116 Å². The fraction of sp³-hybridized carbons (Fsp3) is 0.943. The van der Waals surface area contributed by atoms with Crippen molar-refractivity contribution in [1.82, 2.24) is 0 Å². The zero-order valence-electron chi connectivity index (χ0n) is 44.1. The second kappa shape index (κ2) is 20.5. The van der Waals surface area contributed by atoms with Crippen LogP contribution in [0.1, 0.15) is 120 Å². The van der Waals surface area contributed by atoms with Crippen molar-refractivity contribution in [3.8, 4) is 0 Å².